The minimum Gasteiger partial charge on any atom is -0.477 e. The van der Waals surface area contributed by atoms with Crippen LogP contribution in [0.3, 0.4) is 0 Å². The van der Waals surface area contributed by atoms with Crippen LogP contribution in [0.1, 0.15) is 56.4 Å². The van der Waals surface area contributed by atoms with Gasteiger partial charge in [-0.25, -0.2) is 18.4 Å². The molecule has 34 heavy (non-hydrogen) atoms. The van der Waals surface area contributed by atoms with Gasteiger partial charge in [0.2, 0.25) is 5.43 Å². The van der Waals surface area contributed by atoms with E-state index in [4.69, 9.17) is 4.74 Å². The lowest BCUT2D eigenvalue weighted by atomic mass is 10.0. The molecule has 10 heteroatoms. The number of carboxylic acids is 1. The highest BCUT2D eigenvalue weighted by Gasteiger charge is 2.56. The zero-order valence-corrected chi connectivity index (χ0v) is 19.2. The molecule has 3 atom stereocenters. The molecule has 1 aromatic carbocycles. The molecule has 5 rings (SSSR count). The minimum absolute atomic E-state index is 0.0935. The summed E-state index contributed by atoms with van der Waals surface area (Å²) in [5, 5.41) is 12.2. The monoisotopic (exact) mass is 475 g/mol. The molecule has 1 amide bonds. The average molecular weight is 475 g/mol. The van der Waals surface area contributed by atoms with Gasteiger partial charge < -0.3 is 24.6 Å². The standard InChI is InChI=1S/C24H27F2N3O5/c1-23(2,3)34-22(33)27-19-10-28(11-24(19)4-5-24)17-8-16-12(6-14(17)25)20(30)13(21(31)32)9-29(16)18-7-15(18)26/h6,8-9,15,18-19H,4-5,7,10-11H2,1-3H3,(H,27,33)(H,31,32)/t15-,18-,19-/m1/s1. The third-order valence-electron chi connectivity index (χ3n) is 6.94. The van der Waals surface area contributed by atoms with E-state index >= 15 is 4.39 Å². The van der Waals surface area contributed by atoms with Gasteiger partial charge in [0.1, 0.15) is 23.2 Å². The number of alkyl halides is 1. The van der Waals surface area contributed by atoms with Crippen molar-refractivity contribution in [1.29, 1.82) is 0 Å². The minimum atomic E-state index is -1.44. The van der Waals surface area contributed by atoms with Gasteiger partial charge in [-0.2, -0.15) is 0 Å². The second-order valence-corrected chi connectivity index (χ2v) is 10.7. The lowest BCUT2D eigenvalue weighted by molar-refractivity contribution is 0.0493. The molecule has 2 aliphatic carbocycles. The largest absolute Gasteiger partial charge is 0.477 e. The fourth-order valence-corrected chi connectivity index (χ4v) is 4.94. The van der Waals surface area contributed by atoms with Crippen molar-refractivity contribution in [3.05, 3.63) is 39.9 Å². The number of pyridine rings is 1. The number of carboxylic acid groups (broad SMARTS) is 1. The molecule has 3 aliphatic rings. The summed E-state index contributed by atoms with van der Waals surface area (Å²) in [4.78, 5) is 38.4. The number of aromatic nitrogens is 1. The Morgan fingerprint density at radius 3 is 2.50 bits per heavy atom. The molecule has 0 bridgehead atoms. The maximum absolute atomic E-state index is 15.3. The number of rotatable bonds is 4. The van der Waals surface area contributed by atoms with Crippen molar-refractivity contribution in [3.63, 3.8) is 0 Å². The molecule has 0 radical (unpaired) electrons. The van der Waals surface area contributed by atoms with Gasteiger partial charge in [0.25, 0.3) is 0 Å². The smallest absolute Gasteiger partial charge is 0.407 e. The molecule has 1 aromatic heterocycles. The van der Waals surface area contributed by atoms with Gasteiger partial charge in [-0.1, -0.05) is 0 Å². The number of alkyl carbamates (subject to hydrolysis) is 1. The molecule has 2 heterocycles. The Kier molecular flexibility index (Phi) is 4.93. The molecular weight excluding hydrogens is 448 g/mol. The summed E-state index contributed by atoms with van der Waals surface area (Å²) >= 11 is 0. The van der Waals surface area contributed by atoms with Crippen molar-refractivity contribution in [2.24, 2.45) is 5.41 Å². The van der Waals surface area contributed by atoms with Crippen LogP contribution in [-0.2, 0) is 4.74 Å². The Balaban J connectivity index is 1.50. The van der Waals surface area contributed by atoms with Crippen LogP contribution in [0.4, 0.5) is 19.3 Å². The van der Waals surface area contributed by atoms with Gasteiger partial charge in [-0.15, -0.1) is 0 Å². The van der Waals surface area contributed by atoms with Gasteiger partial charge in [0, 0.05) is 36.5 Å². The van der Waals surface area contributed by atoms with E-state index in [2.05, 4.69) is 5.32 Å². The number of hydrogen-bond donors (Lipinski definition) is 2. The highest BCUT2D eigenvalue weighted by molar-refractivity contribution is 5.93. The van der Waals surface area contributed by atoms with Crippen molar-refractivity contribution in [2.45, 2.75) is 63.9 Å². The van der Waals surface area contributed by atoms with Gasteiger partial charge in [0.05, 0.1) is 23.3 Å². The SMILES string of the molecule is CC(C)(C)OC(=O)N[C@@H]1CN(c2cc3c(cc2F)c(=O)c(C(=O)O)cn3[C@@H]2C[C@H]2F)CC12CC2. The predicted molar refractivity (Wildman–Crippen MR) is 121 cm³/mol. The lowest BCUT2D eigenvalue weighted by Crippen LogP contribution is -2.44. The average Bonchev–Trinajstić information content (AvgIpc) is 3.61. The third kappa shape index (κ3) is 3.88. The molecule has 1 spiro atoms. The van der Waals surface area contributed by atoms with Crippen LogP contribution in [0.15, 0.2) is 23.1 Å². The summed E-state index contributed by atoms with van der Waals surface area (Å²) in [5.41, 5.74) is -1.60. The van der Waals surface area contributed by atoms with E-state index in [1.54, 1.807) is 20.8 Å². The van der Waals surface area contributed by atoms with Crippen LogP contribution in [0, 0.1) is 11.2 Å². The Labute approximate surface area is 194 Å². The maximum atomic E-state index is 15.3. The first-order valence-corrected chi connectivity index (χ1v) is 11.4. The lowest BCUT2D eigenvalue weighted by Gasteiger charge is -2.24. The molecule has 182 valence electrons. The van der Waals surface area contributed by atoms with E-state index < -0.39 is 46.7 Å². The number of carbonyl (C=O) groups excluding carboxylic acids is 1. The zero-order valence-electron chi connectivity index (χ0n) is 19.2. The van der Waals surface area contributed by atoms with Crippen molar-refractivity contribution >= 4 is 28.7 Å². The summed E-state index contributed by atoms with van der Waals surface area (Å²) in [5.74, 6) is -2.10. The predicted octanol–water partition coefficient (Wildman–Crippen LogP) is 3.62. The Morgan fingerprint density at radius 2 is 1.94 bits per heavy atom. The molecule has 1 saturated heterocycles. The quantitative estimate of drug-likeness (QED) is 0.701. The fourth-order valence-electron chi connectivity index (χ4n) is 4.94. The number of amides is 1. The van der Waals surface area contributed by atoms with Crippen molar-refractivity contribution < 1.29 is 28.2 Å². The van der Waals surface area contributed by atoms with Crippen LogP contribution >= 0.6 is 0 Å². The summed E-state index contributed by atoms with van der Waals surface area (Å²) in [6.45, 7) is 6.21. The van der Waals surface area contributed by atoms with E-state index in [9.17, 15) is 23.9 Å². The first kappa shape index (κ1) is 22.6. The zero-order chi connectivity index (χ0) is 24.6. The van der Waals surface area contributed by atoms with E-state index in [-0.39, 0.29) is 29.0 Å². The molecule has 8 nitrogen and oxygen atoms in total. The van der Waals surface area contributed by atoms with E-state index in [1.165, 1.54) is 10.6 Å². The number of benzene rings is 1. The molecule has 1 aliphatic heterocycles. The van der Waals surface area contributed by atoms with Crippen LogP contribution < -0.4 is 15.6 Å². The van der Waals surface area contributed by atoms with E-state index in [1.807, 2.05) is 4.90 Å². The van der Waals surface area contributed by atoms with Crippen LogP contribution in [0.25, 0.3) is 10.9 Å². The number of hydrogen-bond acceptors (Lipinski definition) is 5. The van der Waals surface area contributed by atoms with Crippen LogP contribution in [-0.4, -0.2) is 52.6 Å². The number of carbonyl (C=O) groups is 2. The first-order valence-electron chi connectivity index (χ1n) is 11.4. The second kappa shape index (κ2) is 7.41. The molecule has 3 fully saturated rings. The number of ether oxygens (including phenoxy) is 1. The summed E-state index contributed by atoms with van der Waals surface area (Å²) in [6, 6.07) is 1.72. The Bertz CT molecular complexity index is 1260. The summed E-state index contributed by atoms with van der Waals surface area (Å²) in [6.07, 6.45) is 1.46. The molecule has 2 saturated carbocycles. The summed E-state index contributed by atoms with van der Waals surface area (Å²) < 4.78 is 36.0. The number of fused-ring (bicyclic) bond motifs is 1. The highest BCUT2D eigenvalue weighted by atomic mass is 19.1. The fraction of sp³-hybridized carbons (Fsp3) is 0.542. The van der Waals surface area contributed by atoms with Gasteiger partial charge in [0.15, 0.2) is 0 Å². The molecule has 2 aromatic rings. The molecular formula is C24H27F2N3O5. The Hall–Kier alpha value is -3.17. The number of halogens is 2. The third-order valence-corrected chi connectivity index (χ3v) is 6.94. The van der Waals surface area contributed by atoms with Gasteiger partial charge >= 0.3 is 12.1 Å². The Morgan fingerprint density at radius 1 is 1.26 bits per heavy atom. The number of aromatic carboxylic acids is 1. The first-order chi connectivity index (χ1) is 15.9. The van der Waals surface area contributed by atoms with Crippen molar-refractivity contribution in [3.8, 4) is 0 Å². The number of nitrogens with zero attached hydrogens (tertiary/aromatic N) is 2. The van der Waals surface area contributed by atoms with Crippen LogP contribution in [0.2, 0.25) is 0 Å². The summed E-state index contributed by atoms with van der Waals surface area (Å²) in [7, 11) is 0. The maximum Gasteiger partial charge on any atom is 0.407 e. The number of anilines is 1. The van der Waals surface area contributed by atoms with Gasteiger partial charge in [-0.3, -0.25) is 4.79 Å². The van der Waals surface area contributed by atoms with Crippen LogP contribution in [0.5, 0.6) is 0 Å². The second-order valence-electron chi connectivity index (χ2n) is 10.7. The normalized spacial score (nSPS) is 25.0. The number of nitrogens with one attached hydrogen (secondary N) is 1. The van der Waals surface area contributed by atoms with E-state index in [0.717, 1.165) is 25.1 Å². The molecule has 0 unspecified atom stereocenters. The van der Waals surface area contributed by atoms with Crippen molar-refractivity contribution in [2.75, 3.05) is 18.0 Å². The molecule has 2 N–H and O–H groups in total. The highest BCUT2D eigenvalue weighted by Crippen LogP contribution is 2.54. The van der Waals surface area contributed by atoms with Gasteiger partial charge in [-0.05, 0) is 45.7 Å². The van der Waals surface area contributed by atoms with E-state index in [0.29, 0.717) is 18.6 Å². The van der Waals surface area contributed by atoms with Crippen molar-refractivity contribution in [1.82, 2.24) is 9.88 Å². The topological polar surface area (TPSA) is 101 Å².